The topological polar surface area (TPSA) is 90.3 Å². The van der Waals surface area contributed by atoms with E-state index in [4.69, 9.17) is 21.7 Å². The number of nitrogens with zero attached hydrogens (tertiary/aromatic N) is 3. The van der Waals surface area contributed by atoms with E-state index in [9.17, 15) is 4.79 Å². The van der Waals surface area contributed by atoms with Gasteiger partial charge in [0.2, 0.25) is 5.16 Å². The third-order valence-electron chi connectivity index (χ3n) is 4.09. The molecule has 0 radical (unpaired) electrons. The average molecular weight is 444 g/mol. The second-order valence-electron chi connectivity index (χ2n) is 6.10. The molecule has 30 heavy (non-hydrogen) atoms. The highest BCUT2D eigenvalue weighted by Crippen LogP contribution is 2.27. The summed E-state index contributed by atoms with van der Waals surface area (Å²) in [6.07, 6.45) is 0. The lowest BCUT2D eigenvalue weighted by Gasteiger charge is -2.14. The van der Waals surface area contributed by atoms with E-state index >= 15 is 0 Å². The van der Waals surface area contributed by atoms with Gasteiger partial charge in [-0.25, -0.2) is 4.68 Å². The third kappa shape index (κ3) is 5.28. The Morgan fingerprint density at radius 2 is 1.83 bits per heavy atom. The van der Waals surface area contributed by atoms with Gasteiger partial charge in [0.15, 0.2) is 16.6 Å². The third-order valence-corrected chi connectivity index (χ3v) is 5.29. The fourth-order valence-corrected chi connectivity index (χ4v) is 3.65. The predicted molar refractivity (Wildman–Crippen MR) is 120 cm³/mol. The summed E-state index contributed by atoms with van der Waals surface area (Å²) in [5.41, 5.74) is 4.51. The number of thioether (sulfide) groups is 1. The van der Waals surface area contributed by atoms with Crippen LogP contribution in [0.15, 0.2) is 53.7 Å². The van der Waals surface area contributed by atoms with Crippen LogP contribution in [0.1, 0.15) is 21.7 Å². The van der Waals surface area contributed by atoms with E-state index in [-0.39, 0.29) is 11.0 Å². The first-order chi connectivity index (χ1) is 14.5. The molecule has 8 nitrogen and oxygen atoms in total. The summed E-state index contributed by atoms with van der Waals surface area (Å²) < 4.78 is 12.1. The van der Waals surface area contributed by atoms with Crippen LogP contribution in [0.5, 0.6) is 11.5 Å². The Morgan fingerprint density at radius 3 is 2.53 bits per heavy atom. The van der Waals surface area contributed by atoms with Gasteiger partial charge in [-0.05, 0) is 42.9 Å². The number of ether oxygens (including phenoxy) is 2. The van der Waals surface area contributed by atoms with E-state index in [2.05, 4.69) is 20.9 Å². The lowest BCUT2D eigenvalue weighted by atomic mass is 10.2. The SMILES string of the molecule is COc1ccc(C(=O)NC(=S)Nn2c(C)nnc2SCc2ccccc2)cc1OC. The van der Waals surface area contributed by atoms with Gasteiger partial charge >= 0.3 is 0 Å². The number of benzene rings is 2. The minimum Gasteiger partial charge on any atom is -0.493 e. The predicted octanol–water partition coefficient (Wildman–Crippen LogP) is 3.15. The minimum absolute atomic E-state index is 0.124. The molecule has 1 aromatic heterocycles. The molecule has 1 heterocycles. The fourth-order valence-electron chi connectivity index (χ4n) is 2.57. The molecular formula is C20H21N5O3S2. The molecule has 2 aromatic carbocycles. The monoisotopic (exact) mass is 443 g/mol. The van der Waals surface area contributed by atoms with Crippen molar-refractivity contribution in [3.63, 3.8) is 0 Å². The van der Waals surface area contributed by atoms with E-state index in [1.54, 1.807) is 29.8 Å². The summed E-state index contributed by atoms with van der Waals surface area (Å²) in [6, 6.07) is 14.9. The summed E-state index contributed by atoms with van der Waals surface area (Å²) in [4.78, 5) is 12.6. The fraction of sp³-hybridized carbons (Fsp3) is 0.200. The first-order valence-corrected chi connectivity index (χ1v) is 10.3. The standard InChI is InChI=1S/C20H21N5O3S2/c1-13-22-23-20(30-12-14-7-5-4-6-8-14)25(13)24-19(29)21-18(26)15-9-10-16(27-2)17(11-15)28-3/h4-11H,12H2,1-3H3,(H2,21,24,26,29). The lowest BCUT2D eigenvalue weighted by molar-refractivity contribution is 0.0977. The molecule has 3 rings (SSSR count). The Kier molecular flexibility index (Phi) is 7.26. The lowest BCUT2D eigenvalue weighted by Crippen LogP contribution is -2.38. The smallest absolute Gasteiger partial charge is 0.257 e. The quantitative estimate of drug-likeness (QED) is 0.425. The highest BCUT2D eigenvalue weighted by molar-refractivity contribution is 7.98. The Hall–Kier alpha value is -3.11. The van der Waals surface area contributed by atoms with Gasteiger partial charge in [0.25, 0.3) is 5.91 Å². The maximum absolute atomic E-state index is 12.6. The van der Waals surface area contributed by atoms with Crippen molar-refractivity contribution in [2.45, 2.75) is 17.8 Å². The summed E-state index contributed by atoms with van der Waals surface area (Å²) in [5, 5.41) is 11.7. The Labute approximate surface area is 184 Å². The number of amides is 1. The van der Waals surface area contributed by atoms with Crippen molar-refractivity contribution in [3.8, 4) is 11.5 Å². The summed E-state index contributed by atoms with van der Waals surface area (Å²) in [5.74, 6) is 1.96. The molecular weight excluding hydrogens is 422 g/mol. The number of hydrogen-bond donors (Lipinski definition) is 2. The van der Waals surface area contributed by atoms with Crippen molar-refractivity contribution in [2.24, 2.45) is 0 Å². The summed E-state index contributed by atoms with van der Waals surface area (Å²) >= 11 is 6.81. The van der Waals surface area contributed by atoms with Crippen LogP contribution in [0.3, 0.4) is 0 Å². The van der Waals surface area contributed by atoms with Crippen LogP contribution in [-0.2, 0) is 5.75 Å². The molecule has 0 aliphatic rings. The van der Waals surface area contributed by atoms with Crippen LogP contribution < -0.4 is 20.2 Å². The van der Waals surface area contributed by atoms with Gasteiger partial charge in [-0.3, -0.25) is 15.5 Å². The van der Waals surface area contributed by atoms with Crippen molar-refractivity contribution in [1.82, 2.24) is 20.2 Å². The van der Waals surface area contributed by atoms with Crippen molar-refractivity contribution < 1.29 is 14.3 Å². The molecule has 0 aliphatic carbocycles. The second kappa shape index (κ2) is 10.1. The Balaban J connectivity index is 1.65. The van der Waals surface area contributed by atoms with Crippen molar-refractivity contribution in [2.75, 3.05) is 19.6 Å². The average Bonchev–Trinajstić information content (AvgIpc) is 3.11. The van der Waals surface area contributed by atoms with Gasteiger partial charge in [-0.1, -0.05) is 42.1 Å². The van der Waals surface area contributed by atoms with Gasteiger partial charge in [0, 0.05) is 11.3 Å². The van der Waals surface area contributed by atoms with Gasteiger partial charge < -0.3 is 9.47 Å². The molecule has 1 amide bonds. The van der Waals surface area contributed by atoms with Gasteiger partial charge in [0.05, 0.1) is 14.2 Å². The number of carbonyl (C=O) groups excluding carboxylic acids is 1. The van der Waals surface area contributed by atoms with E-state index in [1.807, 2.05) is 30.3 Å². The number of methoxy groups -OCH3 is 2. The highest BCUT2D eigenvalue weighted by Gasteiger charge is 2.15. The Bertz CT molecular complexity index is 1040. The molecule has 156 valence electrons. The maximum atomic E-state index is 12.6. The molecule has 0 saturated heterocycles. The number of aromatic nitrogens is 3. The van der Waals surface area contributed by atoms with Crippen LogP contribution in [0.2, 0.25) is 0 Å². The van der Waals surface area contributed by atoms with Crippen LogP contribution in [0.25, 0.3) is 0 Å². The van der Waals surface area contributed by atoms with E-state index in [1.165, 1.54) is 31.5 Å². The normalized spacial score (nSPS) is 10.4. The molecule has 10 heteroatoms. The van der Waals surface area contributed by atoms with Gasteiger partial charge in [-0.15, -0.1) is 10.2 Å². The summed E-state index contributed by atoms with van der Waals surface area (Å²) in [7, 11) is 3.04. The highest BCUT2D eigenvalue weighted by atomic mass is 32.2. The number of nitrogens with one attached hydrogen (secondary N) is 2. The van der Waals surface area contributed by atoms with Gasteiger partial charge in [0.1, 0.15) is 5.82 Å². The first kappa shape index (κ1) is 21.6. The molecule has 2 N–H and O–H groups in total. The Morgan fingerprint density at radius 1 is 1.10 bits per heavy atom. The molecule has 0 fully saturated rings. The minimum atomic E-state index is -0.377. The molecule has 0 bridgehead atoms. The zero-order valence-corrected chi connectivity index (χ0v) is 18.3. The van der Waals surface area contributed by atoms with Crippen molar-refractivity contribution in [3.05, 3.63) is 65.5 Å². The van der Waals surface area contributed by atoms with Crippen LogP contribution >= 0.6 is 24.0 Å². The van der Waals surface area contributed by atoms with E-state index in [0.717, 1.165) is 5.75 Å². The molecule has 0 atom stereocenters. The summed E-state index contributed by atoms with van der Waals surface area (Å²) in [6.45, 7) is 1.80. The maximum Gasteiger partial charge on any atom is 0.257 e. The largest absolute Gasteiger partial charge is 0.493 e. The number of thiocarbonyl (C=S) groups is 1. The molecule has 0 unspecified atom stereocenters. The second-order valence-corrected chi connectivity index (χ2v) is 7.46. The van der Waals surface area contributed by atoms with Gasteiger partial charge in [-0.2, -0.15) is 0 Å². The molecule has 0 aliphatic heterocycles. The number of aryl methyl sites for hydroxylation is 1. The molecule has 0 spiro atoms. The molecule has 0 saturated carbocycles. The van der Waals surface area contributed by atoms with E-state index in [0.29, 0.717) is 28.0 Å². The van der Waals surface area contributed by atoms with Crippen molar-refractivity contribution >= 4 is 35.0 Å². The van der Waals surface area contributed by atoms with E-state index < -0.39 is 0 Å². The number of rotatable bonds is 7. The van der Waals surface area contributed by atoms with Crippen LogP contribution in [0.4, 0.5) is 0 Å². The number of carbonyl (C=O) groups is 1. The zero-order chi connectivity index (χ0) is 21.5. The number of hydrogen-bond acceptors (Lipinski definition) is 7. The first-order valence-electron chi connectivity index (χ1n) is 8.95. The zero-order valence-electron chi connectivity index (χ0n) is 16.7. The van der Waals surface area contributed by atoms with Crippen LogP contribution in [-0.4, -0.2) is 40.1 Å². The molecule has 3 aromatic rings. The van der Waals surface area contributed by atoms with Crippen LogP contribution in [0, 0.1) is 6.92 Å². The van der Waals surface area contributed by atoms with Crippen molar-refractivity contribution in [1.29, 1.82) is 0 Å².